The van der Waals surface area contributed by atoms with Gasteiger partial charge in [-0.2, -0.15) is 0 Å². The second-order valence-electron chi connectivity index (χ2n) is 4.72. The zero-order valence-electron chi connectivity index (χ0n) is 8.54. The van der Waals surface area contributed by atoms with E-state index in [0.717, 1.165) is 18.3 Å². The van der Waals surface area contributed by atoms with Crippen LogP contribution in [0.5, 0.6) is 0 Å². The molecule has 0 amide bonds. The molecule has 0 spiro atoms. The maximum Gasteiger partial charge on any atom is 0.134 e. The van der Waals surface area contributed by atoms with E-state index < -0.39 is 0 Å². The molecule has 1 N–H and O–H groups in total. The van der Waals surface area contributed by atoms with Gasteiger partial charge in [0.05, 0.1) is 0 Å². The van der Waals surface area contributed by atoms with Crippen LogP contribution in [0.15, 0.2) is 12.4 Å². The van der Waals surface area contributed by atoms with E-state index in [2.05, 4.69) is 15.3 Å². The van der Waals surface area contributed by atoms with Crippen LogP contribution in [0, 0.1) is 11.3 Å². The normalized spacial score (nSPS) is 22.5. The number of anilines is 1. The summed E-state index contributed by atoms with van der Waals surface area (Å²) in [6.07, 6.45) is 7.10. The molecular weight excluding hydrogens is 210 g/mol. The maximum atomic E-state index is 5.79. The summed E-state index contributed by atoms with van der Waals surface area (Å²) in [5.41, 5.74) is 0.595. The molecule has 0 atom stereocenters. The molecule has 0 aliphatic heterocycles. The first kappa shape index (κ1) is 9.40. The number of nitrogens with zero attached hydrogens (tertiary/aromatic N) is 2. The molecule has 0 aromatic carbocycles. The molecule has 2 saturated carbocycles. The highest BCUT2D eigenvalue weighted by Crippen LogP contribution is 2.61. The monoisotopic (exact) mass is 223 g/mol. The van der Waals surface area contributed by atoms with Gasteiger partial charge in [-0.25, -0.2) is 9.97 Å². The fourth-order valence-electron chi connectivity index (χ4n) is 2.28. The lowest BCUT2D eigenvalue weighted by atomic mass is 10.0. The van der Waals surface area contributed by atoms with Gasteiger partial charge < -0.3 is 5.32 Å². The Kier molecular flexibility index (Phi) is 2.09. The largest absolute Gasteiger partial charge is 0.369 e. The topological polar surface area (TPSA) is 37.8 Å². The van der Waals surface area contributed by atoms with Crippen LogP contribution in [0.3, 0.4) is 0 Å². The molecule has 2 fully saturated rings. The number of halogens is 1. The first-order valence-electron chi connectivity index (χ1n) is 5.50. The van der Waals surface area contributed by atoms with Crippen molar-refractivity contribution in [1.29, 1.82) is 0 Å². The summed E-state index contributed by atoms with van der Waals surface area (Å²) in [5, 5.41) is 3.88. The maximum absolute atomic E-state index is 5.79. The molecule has 0 bridgehead atoms. The van der Waals surface area contributed by atoms with Crippen LogP contribution in [0.25, 0.3) is 0 Å². The minimum atomic E-state index is 0.503. The average molecular weight is 224 g/mol. The van der Waals surface area contributed by atoms with E-state index in [1.807, 2.05) is 0 Å². The Hall–Kier alpha value is -0.830. The smallest absolute Gasteiger partial charge is 0.134 e. The standard InChI is InChI=1S/C11H14ClN3/c12-9-5-10(15-7-14-9)13-6-11(3-4-11)8-1-2-8/h5,7-8H,1-4,6H2,(H,13,14,15). The van der Waals surface area contributed by atoms with Crippen LogP contribution < -0.4 is 5.32 Å². The van der Waals surface area contributed by atoms with Crippen LogP contribution in [0.1, 0.15) is 25.7 Å². The SMILES string of the molecule is Clc1cc(NCC2(C3CC3)CC2)ncn1. The Bertz CT molecular complexity index is 372. The first-order chi connectivity index (χ1) is 7.28. The fraction of sp³-hybridized carbons (Fsp3) is 0.636. The lowest BCUT2D eigenvalue weighted by Crippen LogP contribution is -2.17. The fourth-order valence-corrected chi connectivity index (χ4v) is 2.43. The lowest BCUT2D eigenvalue weighted by molar-refractivity contribution is 0.466. The second-order valence-corrected chi connectivity index (χ2v) is 5.10. The molecule has 0 radical (unpaired) electrons. The third-order valence-corrected chi connectivity index (χ3v) is 3.80. The molecule has 4 heteroatoms. The van der Waals surface area contributed by atoms with Crippen molar-refractivity contribution in [2.24, 2.45) is 11.3 Å². The Balaban J connectivity index is 1.61. The molecule has 3 rings (SSSR count). The van der Waals surface area contributed by atoms with Crippen molar-refractivity contribution in [3.8, 4) is 0 Å². The van der Waals surface area contributed by atoms with Crippen molar-refractivity contribution in [3.05, 3.63) is 17.5 Å². The number of hydrogen-bond acceptors (Lipinski definition) is 3. The summed E-state index contributed by atoms with van der Waals surface area (Å²) in [4.78, 5) is 8.01. The van der Waals surface area contributed by atoms with Gasteiger partial charge in [-0.15, -0.1) is 0 Å². The van der Waals surface area contributed by atoms with Crippen molar-refractivity contribution in [3.63, 3.8) is 0 Å². The quantitative estimate of drug-likeness (QED) is 0.798. The number of rotatable bonds is 4. The molecule has 0 saturated heterocycles. The summed E-state index contributed by atoms with van der Waals surface area (Å²) < 4.78 is 0. The molecule has 1 heterocycles. The van der Waals surface area contributed by atoms with E-state index in [0.29, 0.717) is 10.6 Å². The minimum absolute atomic E-state index is 0.503. The van der Waals surface area contributed by atoms with Crippen LogP contribution in [0.2, 0.25) is 5.15 Å². The van der Waals surface area contributed by atoms with Crippen molar-refractivity contribution in [2.45, 2.75) is 25.7 Å². The van der Waals surface area contributed by atoms with Crippen molar-refractivity contribution < 1.29 is 0 Å². The Morgan fingerprint density at radius 3 is 2.80 bits per heavy atom. The average Bonchev–Trinajstić information content (AvgIpc) is 3.08. The van der Waals surface area contributed by atoms with Crippen LogP contribution in [0.4, 0.5) is 5.82 Å². The molecule has 2 aliphatic carbocycles. The highest BCUT2D eigenvalue weighted by molar-refractivity contribution is 6.29. The van der Waals surface area contributed by atoms with Crippen molar-refractivity contribution >= 4 is 17.4 Å². The third-order valence-electron chi connectivity index (χ3n) is 3.59. The molecule has 2 aliphatic rings. The van der Waals surface area contributed by atoms with Crippen LogP contribution in [-0.4, -0.2) is 16.5 Å². The Morgan fingerprint density at radius 2 is 2.20 bits per heavy atom. The van der Waals surface area contributed by atoms with Gasteiger partial charge in [0.25, 0.3) is 0 Å². The summed E-state index contributed by atoms with van der Waals surface area (Å²) in [7, 11) is 0. The zero-order chi connectivity index (χ0) is 10.3. The van der Waals surface area contributed by atoms with Gasteiger partial charge in [0.15, 0.2) is 0 Å². The zero-order valence-corrected chi connectivity index (χ0v) is 9.30. The highest BCUT2D eigenvalue weighted by Gasteiger charge is 2.53. The second kappa shape index (κ2) is 3.34. The predicted molar refractivity (Wildman–Crippen MR) is 59.9 cm³/mol. The molecule has 1 aromatic rings. The first-order valence-corrected chi connectivity index (χ1v) is 5.88. The molecule has 1 aromatic heterocycles. The Labute approximate surface area is 94.3 Å². The van der Waals surface area contributed by atoms with E-state index in [-0.39, 0.29) is 0 Å². The summed E-state index contributed by atoms with van der Waals surface area (Å²) in [6.45, 7) is 1.05. The minimum Gasteiger partial charge on any atom is -0.369 e. The van der Waals surface area contributed by atoms with Crippen molar-refractivity contribution in [2.75, 3.05) is 11.9 Å². The molecule has 80 valence electrons. The van der Waals surface area contributed by atoms with Gasteiger partial charge in [-0.3, -0.25) is 0 Å². The van der Waals surface area contributed by atoms with Gasteiger partial charge in [0.2, 0.25) is 0 Å². The highest BCUT2D eigenvalue weighted by atomic mass is 35.5. The summed E-state index contributed by atoms with van der Waals surface area (Å²) in [5.74, 6) is 1.82. The lowest BCUT2D eigenvalue weighted by Gasteiger charge is -2.15. The van der Waals surface area contributed by atoms with Crippen LogP contribution >= 0.6 is 11.6 Å². The van der Waals surface area contributed by atoms with Gasteiger partial charge in [-0.1, -0.05) is 11.6 Å². The summed E-state index contributed by atoms with van der Waals surface area (Å²) >= 11 is 5.79. The van der Waals surface area contributed by atoms with E-state index in [1.165, 1.54) is 32.0 Å². The predicted octanol–water partition coefficient (Wildman–Crippen LogP) is 2.73. The van der Waals surface area contributed by atoms with E-state index in [9.17, 15) is 0 Å². The van der Waals surface area contributed by atoms with Crippen molar-refractivity contribution in [1.82, 2.24) is 9.97 Å². The van der Waals surface area contributed by atoms with E-state index >= 15 is 0 Å². The van der Waals surface area contributed by atoms with Gasteiger partial charge in [-0.05, 0) is 37.0 Å². The van der Waals surface area contributed by atoms with Gasteiger partial charge in [0.1, 0.15) is 17.3 Å². The summed E-state index contributed by atoms with van der Waals surface area (Å²) in [6, 6.07) is 1.78. The Morgan fingerprint density at radius 1 is 1.40 bits per heavy atom. The number of hydrogen-bond donors (Lipinski definition) is 1. The molecule has 0 unspecified atom stereocenters. The van der Waals surface area contributed by atoms with Gasteiger partial charge in [0, 0.05) is 12.6 Å². The van der Waals surface area contributed by atoms with Gasteiger partial charge >= 0.3 is 0 Å². The third kappa shape index (κ3) is 1.93. The van der Waals surface area contributed by atoms with Crippen LogP contribution in [-0.2, 0) is 0 Å². The van der Waals surface area contributed by atoms with E-state index in [4.69, 9.17) is 11.6 Å². The van der Waals surface area contributed by atoms with E-state index in [1.54, 1.807) is 6.07 Å². The molecular formula is C11H14ClN3. The molecule has 15 heavy (non-hydrogen) atoms. The molecule has 3 nitrogen and oxygen atoms in total. The number of nitrogens with one attached hydrogen (secondary N) is 1. The number of aromatic nitrogens is 2.